The van der Waals surface area contributed by atoms with E-state index in [9.17, 15) is 13.4 Å². The summed E-state index contributed by atoms with van der Waals surface area (Å²) in [6.45, 7) is 0. The quantitative estimate of drug-likeness (QED) is 0.906. The van der Waals surface area contributed by atoms with Gasteiger partial charge in [-0.1, -0.05) is 6.07 Å². The van der Waals surface area contributed by atoms with Crippen LogP contribution in [0.4, 0.5) is 4.39 Å². The summed E-state index contributed by atoms with van der Waals surface area (Å²) in [5.41, 5.74) is 0.0400. The molecule has 0 saturated carbocycles. The van der Waals surface area contributed by atoms with Gasteiger partial charge in [0.2, 0.25) is 0 Å². The van der Waals surface area contributed by atoms with Crippen molar-refractivity contribution in [3.63, 3.8) is 0 Å². The second-order valence-electron chi connectivity index (χ2n) is 3.84. The molecule has 0 spiro atoms. The van der Waals surface area contributed by atoms with Crippen LogP contribution in [0.15, 0.2) is 58.3 Å². The molecule has 2 aromatic rings. The molecule has 0 saturated heterocycles. The summed E-state index contributed by atoms with van der Waals surface area (Å²) in [6.07, 6.45) is 0. The summed E-state index contributed by atoms with van der Waals surface area (Å²) in [5.74, 6) is -1.67. The maximum atomic E-state index is 13.1. The summed E-state index contributed by atoms with van der Waals surface area (Å²) in [7, 11) is -3.34. The molecule has 19 heavy (non-hydrogen) atoms. The SMILES string of the molecule is N=S(=O)(c1ccc(C(=O)O)cc1)c1cccc(F)c1. The Hall–Kier alpha value is -2.21. The van der Waals surface area contributed by atoms with E-state index in [4.69, 9.17) is 9.89 Å². The Morgan fingerprint density at radius 2 is 1.74 bits per heavy atom. The highest BCUT2D eigenvalue weighted by molar-refractivity contribution is 7.92. The number of nitrogens with one attached hydrogen (secondary N) is 1. The van der Waals surface area contributed by atoms with Gasteiger partial charge in [0.25, 0.3) is 0 Å². The zero-order valence-electron chi connectivity index (χ0n) is 9.67. The first-order valence-corrected chi connectivity index (χ1v) is 6.85. The highest BCUT2D eigenvalue weighted by atomic mass is 32.2. The van der Waals surface area contributed by atoms with Gasteiger partial charge >= 0.3 is 5.97 Å². The largest absolute Gasteiger partial charge is 0.478 e. The van der Waals surface area contributed by atoms with E-state index in [0.717, 1.165) is 6.07 Å². The number of hydrogen-bond acceptors (Lipinski definition) is 3. The first-order valence-electron chi connectivity index (χ1n) is 5.29. The van der Waals surface area contributed by atoms with Gasteiger partial charge in [-0.05, 0) is 42.5 Å². The smallest absolute Gasteiger partial charge is 0.335 e. The molecule has 2 N–H and O–H groups in total. The topological polar surface area (TPSA) is 78.2 Å². The minimum Gasteiger partial charge on any atom is -0.478 e. The molecule has 98 valence electrons. The van der Waals surface area contributed by atoms with Gasteiger partial charge in [0.05, 0.1) is 15.4 Å². The molecule has 4 nitrogen and oxygen atoms in total. The molecule has 0 bridgehead atoms. The van der Waals surface area contributed by atoms with Gasteiger partial charge < -0.3 is 5.11 Å². The van der Waals surface area contributed by atoms with Crippen LogP contribution < -0.4 is 0 Å². The summed E-state index contributed by atoms with van der Waals surface area (Å²) >= 11 is 0. The molecule has 0 aliphatic carbocycles. The average molecular weight is 279 g/mol. The maximum Gasteiger partial charge on any atom is 0.335 e. The summed E-state index contributed by atoms with van der Waals surface area (Å²) in [4.78, 5) is 10.9. The van der Waals surface area contributed by atoms with E-state index in [0.29, 0.717) is 0 Å². The molecule has 0 heterocycles. The maximum absolute atomic E-state index is 13.1. The first-order chi connectivity index (χ1) is 8.91. The molecule has 2 rings (SSSR count). The van der Waals surface area contributed by atoms with Gasteiger partial charge in [0, 0.05) is 0 Å². The molecule has 1 unspecified atom stereocenters. The molecule has 2 aromatic carbocycles. The van der Waals surface area contributed by atoms with Crippen molar-refractivity contribution >= 4 is 15.7 Å². The molecule has 0 aromatic heterocycles. The van der Waals surface area contributed by atoms with Gasteiger partial charge in [-0.2, -0.15) is 0 Å². The predicted molar refractivity (Wildman–Crippen MR) is 67.2 cm³/mol. The van der Waals surface area contributed by atoms with Crippen molar-refractivity contribution in [2.45, 2.75) is 9.79 Å². The minimum atomic E-state index is -3.34. The van der Waals surface area contributed by atoms with Crippen LogP contribution in [0.25, 0.3) is 0 Å². The molecule has 0 fully saturated rings. The highest BCUT2D eigenvalue weighted by Gasteiger charge is 2.14. The summed E-state index contributed by atoms with van der Waals surface area (Å²) in [5, 5.41) is 8.76. The number of hydrogen-bond donors (Lipinski definition) is 2. The number of carboxylic acids is 1. The van der Waals surface area contributed by atoms with Crippen molar-refractivity contribution in [1.29, 1.82) is 4.78 Å². The number of aromatic carboxylic acids is 1. The van der Waals surface area contributed by atoms with E-state index in [-0.39, 0.29) is 15.4 Å². The fourth-order valence-electron chi connectivity index (χ4n) is 1.57. The van der Waals surface area contributed by atoms with Crippen molar-refractivity contribution in [3.05, 3.63) is 59.9 Å². The number of rotatable bonds is 3. The van der Waals surface area contributed by atoms with Crippen LogP contribution in [-0.2, 0) is 9.73 Å². The molecular weight excluding hydrogens is 269 g/mol. The van der Waals surface area contributed by atoms with E-state index < -0.39 is 21.5 Å². The van der Waals surface area contributed by atoms with Crippen molar-refractivity contribution < 1.29 is 18.5 Å². The van der Waals surface area contributed by atoms with Crippen LogP contribution in [0, 0.1) is 10.6 Å². The van der Waals surface area contributed by atoms with E-state index in [1.807, 2.05) is 0 Å². The fraction of sp³-hybridized carbons (Fsp3) is 0. The summed E-state index contributed by atoms with van der Waals surface area (Å²) < 4.78 is 33.4. The van der Waals surface area contributed by atoms with Crippen molar-refractivity contribution in [1.82, 2.24) is 0 Å². The van der Waals surface area contributed by atoms with Gasteiger partial charge in [-0.3, -0.25) is 0 Å². The normalized spacial score (nSPS) is 13.7. The third kappa shape index (κ3) is 2.63. The third-order valence-electron chi connectivity index (χ3n) is 2.56. The standard InChI is InChI=1S/C13H10FNO3S/c14-10-2-1-3-12(8-10)19(15,18)11-6-4-9(5-7-11)13(16)17/h1-8,15H,(H,16,17). The molecule has 1 atom stereocenters. The lowest BCUT2D eigenvalue weighted by Gasteiger charge is -2.08. The van der Waals surface area contributed by atoms with E-state index in [2.05, 4.69) is 0 Å². The zero-order valence-corrected chi connectivity index (χ0v) is 10.5. The van der Waals surface area contributed by atoms with E-state index in [1.165, 1.54) is 42.5 Å². The number of carboxylic acid groups (broad SMARTS) is 1. The lowest BCUT2D eigenvalue weighted by Crippen LogP contribution is -2.02. The van der Waals surface area contributed by atoms with Gasteiger partial charge in [-0.25, -0.2) is 18.2 Å². The molecule has 6 heteroatoms. The van der Waals surface area contributed by atoms with Crippen LogP contribution in [0.5, 0.6) is 0 Å². The number of halogens is 1. The monoisotopic (exact) mass is 279 g/mol. The zero-order chi connectivity index (χ0) is 14.0. The van der Waals surface area contributed by atoms with Crippen LogP contribution in [0.3, 0.4) is 0 Å². The molecule has 0 amide bonds. The van der Waals surface area contributed by atoms with Crippen molar-refractivity contribution in [3.8, 4) is 0 Å². The number of benzene rings is 2. The predicted octanol–water partition coefficient (Wildman–Crippen LogP) is 2.99. The lowest BCUT2D eigenvalue weighted by molar-refractivity contribution is 0.0697. The van der Waals surface area contributed by atoms with Gasteiger partial charge in [0.1, 0.15) is 15.5 Å². The molecular formula is C13H10FNO3S. The third-order valence-corrected chi connectivity index (χ3v) is 4.42. The second kappa shape index (κ2) is 4.81. The Kier molecular flexibility index (Phi) is 3.35. The highest BCUT2D eigenvalue weighted by Crippen LogP contribution is 2.22. The Balaban J connectivity index is 2.48. The van der Waals surface area contributed by atoms with E-state index in [1.54, 1.807) is 0 Å². The van der Waals surface area contributed by atoms with E-state index >= 15 is 0 Å². The Morgan fingerprint density at radius 3 is 2.26 bits per heavy atom. The van der Waals surface area contributed by atoms with Crippen molar-refractivity contribution in [2.75, 3.05) is 0 Å². The molecule has 0 aliphatic rings. The first kappa shape index (κ1) is 13.2. The van der Waals surface area contributed by atoms with Crippen LogP contribution >= 0.6 is 0 Å². The fourth-order valence-corrected chi connectivity index (χ4v) is 2.91. The Morgan fingerprint density at radius 1 is 1.11 bits per heavy atom. The minimum absolute atomic E-state index is 0.0400. The Bertz CT molecular complexity index is 724. The second-order valence-corrected chi connectivity index (χ2v) is 5.90. The Labute approximate surface area is 109 Å². The average Bonchev–Trinajstić information content (AvgIpc) is 2.39. The molecule has 0 aliphatic heterocycles. The van der Waals surface area contributed by atoms with Crippen LogP contribution in [0.1, 0.15) is 10.4 Å². The van der Waals surface area contributed by atoms with Crippen LogP contribution in [0.2, 0.25) is 0 Å². The van der Waals surface area contributed by atoms with Gasteiger partial charge in [-0.15, -0.1) is 0 Å². The summed E-state index contributed by atoms with van der Waals surface area (Å²) in [6, 6.07) is 10.2. The molecule has 0 radical (unpaired) electrons. The lowest BCUT2D eigenvalue weighted by atomic mass is 10.2. The van der Waals surface area contributed by atoms with Crippen molar-refractivity contribution in [2.24, 2.45) is 0 Å². The number of carbonyl (C=O) groups is 1. The van der Waals surface area contributed by atoms with Crippen LogP contribution in [-0.4, -0.2) is 15.3 Å². The van der Waals surface area contributed by atoms with Gasteiger partial charge in [0.15, 0.2) is 0 Å².